The van der Waals surface area contributed by atoms with Crippen molar-refractivity contribution in [3.63, 3.8) is 0 Å². The monoisotopic (exact) mass is 307 g/mol. The molecule has 0 aliphatic carbocycles. The van der Waals surface area contributed by atoms with E-state index < -0.39 is 41.1 Å². The SMILES string of the molecule is O=Cc1nc(OC(F)(F)F)c(CCl)cc1C(F)(F)F. The average Bonchev–Trinajstić information content (AvgIpc) is 2.24. The fraction of sp³-hybridized carbons (Fsp3) is 0.333. The van der Waals surface area contributed by atoms with Crippen molar-refractivity contribution in [2.24, 2.45) is 0 Å². The van der Waals surface area contributed by atoms with E-state index in [1.807, 2.05) is 0 Å². The lowest BCUT2D eigenvalue weighted by Crippen LogP contribution is -2.20. The molecule has 106 valence electrons. The van der Waals surface area contributed by atoms with Gasteiger partial charge in [0.2, 0.25) is 5.88 Å². The topological polar surface area (TPSA) is 39.2 Å². The summed E-state index contributed by atoms with van der Waals surface area (Å²) in [5, 5.41) is 0. The van der Waals surface area contributed by atoms with Crippen molar-refractivity contribution in [3.05, 3.63) is 22.9 Å². The van der Waals surface area contributed by atoms with E-state index in [0.29, 0.717) is 6.07 Å². The zero-order chi connectivity index (χ0) is 14.8. The Bertz CT molecular complexity index is 485. The zero-order valence-corrected chi connectivity index (χ0v) is 9.53. The molecule has 0 aliphatic rings. The second kappa shape index (κ2) is 5.24. The first-order valence-corrected chi connectivity index (χ1v) is 5.00. The Morgan fingerprint density at radius 1 is 1.26 bits per heavy atom. The van der Waals surface area contributed by atoms with Gasteiger partial charge >= 0.3 is 12.5 Å². The smallest absolute Gasteiger partial charge is 0.388 e. The summed E-state index contributed by atoms with van der Waals surface area (Å²) in [6.07, 6.45) is -10.4. The number of rotatable bonds is 3. The summed E-state index contributed by atoms with van der Waals surface area (Å²) >= 11 is 5.24. The van der Waals surface area contributed by atoms with E-state index in [9.17, 15) is 31.1 Å². The van der Waals surface area contributed by atoms with Crippen LogP contribution in [-0.2, 0) is 12.1 Å². The molecule has 0 bridgehead atoms. The first-order valence-electron chi connectivity index (χ1n) is 4.46. The van der Waals surface area contributed by atoms with Crippen molar-refractivity contribution >= 4 is 17.9 Å². The lowest BCUT2D eigenvalue weighted by atomic mass is 10.1. The van der Waals surface area contributed by atoms with Crippen LogP contribution in [0.5, 0.6) is 5.88 Å². The molecule has 1 rings (SSSR count). The molecule has 0 amide bonds. The summed E-state index contributed by atoms with van der Waals surface area (Å²) in [6.45, 7) is 0. The molecular weight excluding hydrogens is 304 g/mol. The summed E-state index contributed by atoms with van der Waals surface area (Å²) in [5.74, 6) is -1.88. The average molecular weight is 308 g/mol. The lowest BCUT2D eigenvalue weighted by molar-refractivity contribution is -0.276. The van der Waals surface area contributed by atoms with Crippen LogP contribution in [0.3, 0.4) is 0 Å². The maximum atomic E-state index is 12.5. The number of halogens is 7. The molecule has 0 saturated heterocycles. The molecule has 0 unspecified atom stereocenters. The van der Waals surface area contributed by atoms with E-state index in [-0.39, 0.29) is 6.29 Å². The number of carbonyl (C=O) groups excluding carboxylic acids is 1. The highest BCUT2D eigenvalue weighted by Gasteiger charge is 2.38. The summed E-state index contributed by atoms with van der Waals surface area (Å²) in [6, 6.07) is 0.296. The van der Waals surface area contributed by atoms with E-state index in [4.69, 9.17) is 11.6 Å². The predicted octanol–water partition coefficient (Wildman–Crippen LogP) is 3.55. The van der Waals surface area contributed by atoms with Crippen molar-refractivity contribution in [1.29, 1.82) is 0 Å². The maximum absolute atomic E-state index is 12.5. The summed E-state index contributed by atoms with van der Waals surface area (Å²) in [4.78, 5) is 13.4. The number of alkyl halides is 7. The molecule has 0 atom stereocenters. The summed E-state index contributed by atoms with van der Waals surface area (Å²) in [7, 11) is 0. The number of nitrogens with zero attached hydrogens (tertiary/aromatic N) is 1. The molecule has 0 radical (unpaired) electrons. The lowest BCUT2D eigenvalue weighted by Gasteiger charge is -2.15. The fourth-order valence-corrected chi connectivity index (χ4v) is 1.35. The maximum Gasteiger partial charge on any atom is 0.574 e. The minimum atomic E-state index is -5.16. The van der Waals surface area contributed by atoms with Crippen molar-refractivity contribution in [3.8, 4) is 5.88 Å². The molecule has 0 spiro atoms. The van der Waals surface area contributed by atoms with Gasteiger partial charge in [-0.15, -0.1) is 24.8 Å². The van der Waals surface area contributed by atoms with Gasteiger partial charge in [-0.3, -0.25) is 4.79 Å². The van der Waals surface area contributed by atoms with Crippen LogP contribution in [0.1, 0.15) is 21.6 Å². The Morgan fingerprint density at radius 3 is 2.21 bits per heavy atom. The number of ether oxygens (including phenoxy) is 1. The highest BCUT2D eigenvalue weighted by atomic mass is 35.5. The number of aromatic nitrogens is 1. The van der Waals surface area contributed by atoms with Gasteiger partial charge in [0, 0.05) is 5.56 Å². The molecule has 0 N–H and O–H groups in total. The molecule has 0 fully saturated rings. The van der Waals surface area contributed by atoms with E-state index in [2.05, 4.69) is 9.72 Å². The fourth-order valence-electron chi connectivity index (χ4n) is 1.16. The van der Waals surface area contributed by atoms with Gasteiger partial charge in [-0.05, 0) is 6.07 Å². The molecule has 0 saturated carbocycles. The van der Waals surface area contributed by atoms with Crippen molar-refractivity contribution in [1.82, 2.24) is 4.98 Å². The molecule has 0 aromatic carbocycles. The van der Waals surface area contributed by atoms with Gasteiger partial charge in [-0.25, -0.2) is 4.98 Å². The van der Waals surface area contributed by atoms with Crippen LogP contribution in [0.15, 0.2) is 6.07 Å². The quantitative estimate of drug-likeness (QED) is 0.487. The second-order valence-corrected chi connectivity index (χ2v) is 3.45. The summed E-state index contributed by atoms with van der Waals surface area (Å²) < 4.78 is 77.0. The molecule has 1 heterocycles. The van der Waals surface area contributed by atoms with Gasteiger partial charge in [0.1, 0.15) is 5.69 Å². The molecule has 1 aromatic rings. The van der Waals surface area contributed by atoms with E-state index in [0.717, 1.165) is 0 Å². The standard InChI is InChI=1S/C9H4ClF6NO2/c10-2-4-1-5(8(11,12)13)6(3-18)17-7(4)19-9(14,15)16/h1,3H,2H2. The van der Waals surface area contributed by atoms with Crippen LogP contribution in [-0.4, -0.2) is 17.6 Å². The largest absolute Gasteiger partial charge is 0.574 e. The Hall–Kier alpha value is -1.51. The second-order valence-electron chi connectivity index (χ2n) is 3.18. The zero-order valence-electron chi connectivity index (χ0n) is 8.77. The third kappa shape index (κ3) is 3.98. The third-order valence-corrected chi connectivity index (χ3v) is 2.15. The number of pyridine rings is 1. The minimum absolute atomic E-state index is 0.296. The Morgan fingerprint density at radius 2 is 1.84 bits per heavy atom. The molecule has 1 aromatic heterocycles. The minimum Gasteiger partial charge on any atom is -0.388 e. The predicted molar refractivity (Wildman–Crippen MR) is 50.9 cm³/mol. The number of hydrogen-bond acceptors (Lipinski definition) is 3. The Labute approximate surface area is 107 Å². The van der Waals surface area contributed by atoms with Gasteiger partial charge < -0.3 is 4.74 Å². The molecule has 19 heavy (non-hydrogen) atoms. The van der Waals surface area contributed by atoms with Crippen LogP contribution in [0.2, 0.25) is 0 Å². The molecular formula is C9H4ClF6NO2. The van der Waals surface area contributed by atoms with Gasteiger partial charge in [0.05, 0.1) is 11.4 Å². The van der Waals surface area contributed by atoms with E-state index in [1.165, 1.54) is 0 Å². The van der Waals surface area contributed by atoms with Gasteiger partial charge in [0.25, 0.3) is 0 Å². The first-order chi connectivity index (χ1) is 8.58. The third-order valence-electron chi connectivity index (χ3n) is 1.86. The van der Waals surface area contributed by atoms with Crippen LogP contribution >= 0.6 is 11.6 Å². The van der Waals surface area contributed by atoms with Gasteiger partial charge in [0.15, 0.2) is 6.29 Å². The number of hydrogen-bond donors (Lipinski definition) is 0. The molecule has 3 nitrogen and oxygen atoms in total. The van der Waals surface area contributed by atoms with Crippen LogP contribution in [0, 0.1) is 0 Å². The van der Waals surface area contributed by atoms with Crippen LogP contribution in [0.4, 0.5) is 26.3 Å². The van der Waals surface area contributed by atoms with Crippen molar-refractivity contribution in [2.45, 2.75) is 18.4 Å². The Balaban J connectivity index is 3.40. The van der Waals surface area contributed by atoms with Gasteiger partial charge in [-0.1, -0.05) is 0 Å². The van der Waals surface area contributed by atoms with Crippen molar-refractivity contribution < 1.29 is 35.9 Å². The highest BCUT2D eigenvalue weighted by Crippen LogP contribution is 2.35. The van der Waals surface area contributed by atoms with E-state index >= 15 is 0 Å². The van der Waals surface area contributed by atoms with E-state index in [1.54, 1.807) is 0 Å². The number of aldehydes is 1. The number of carbonyl (C=O) groups is 1. The molecule has 10 heteroatoms. The highest BCUT2D eigenvalue weighted by molar-refractivity contribution is 6.17. The van der Waals surface area contributed by atoms with Gasteiger partial charge in [-0.2, -0.15) is 13.2 Å². The van der Waals surface area contributed by atoms with Crippen LogP contribution in [0.25, 0.3) is 0 Å². The summed E-state index contributed by atoms with van der Waals surface area (Å²) in [5.41, 5.74) is -3.31. The Kier molecular flexibility index (Phi) is 4.28. The molecule has 0 aliphatic heterocycles. The first kappa shape index (κ1) is 15.5. The normalized spacial score (nSPS) is 12.4. The van der Waals surface area contributed by atoms with Crippen LogP contribution < -0.4 is 4.74 Å². The van der Waals surface area contributed by atoms with Crippen molar-refractivity contribution in [2.75, 3.05) is 0 Å².